The van der Waals surface area contributed by atoms with Crippen molar-refractivity contribution in [2.45, 2.75) is 135 Å². The maximum absolute atomic E-state index is 5.00. The van der Waals surface area contributed by atoms with Crippen LogP contribution in [0.5, 0.6) is 0 Å². The van der Waals surface area contributed by atoms with Crippen LogP contribution in [0.1, 0.15) is 174 Å². The van der Waals surface area contributed by atoms with Crippen molar-refractivity contribution in [3.05, 3.63) is 263 Å². The van der Waals surface area contributed by atoms with Crippen molar-refractivity contribution in [3.8, 4) is 0 Å². The highest BCUT2D eigenvalue weighted by atomic mass is 35.5. The summed E-state index contributed by atoms with van der Waals surface area (Å²) in [4.78, 5) is 0. The molecule has 8 aromatic rings. The van der Waals surface area contributed by atoms with E-state index in [2.05, 4.69) is 238 Å². The molecule has 0 radical (unpaired) electrons. The number of alkyl halides is 6. The average Bonchev–Trinajstić information content (AvgIpc) is 3.50. The minimum Gasteiger partial charge on any atom is -0.127 e. The molecule has 0 saturated heterocycles. The van der Waals surface area contributed by atoms with Gasteiger partial charge in [-0.2, -0.15) is 0 Å². The second kappa shape index (κ2) is 45.4. The molecule has 8 rings (SSSR count). The standard InChI is InChI=1S/C61H62.6C2H5Cl/c1-46(48-24-9-3-10-25-48)40-55(50-28-13-5-14-29-50)42-57(52-32-17-7-18-33-52)43-58(53-34-19-8-20-35-53)45-59(61-39-23-37-54-36-21-22-38-60(54)61)44-56(51-30-15-6-16-31-51)41-47(2)49-26-11-4-12-27-49;6*1-2-3/h3-39,46-47,55-59H,40-45H2,1-2H3;6*2H2,1H3. The summed E-state index contributed by atoms with van der Waals surface area (Å²) in [6.45, 7) is 16.2. The van der Waals surface area contributed by atoms with Gasteiger partial charge in [0.15, 0.2) is 0 Å². The number of hydrogen-bond acceptors (Lipinski definition) is 0. The predicted molar refractivity (Wildman–Crippen MR) is 359 cm³/mol. The van der Waals surface area contributed by atoms with Crippen LogP contribution in [0.25, 0.3) is 10.8 Å². The SMILES string of the molecule is CC(CC(CC(CC(CC(CC(CC(C)c1ccccc1)c1ccccc1)c1cccc2ccccc12)c1ccccc1)c1ccccc1)c1ccccc1)c1ccccc1.CCCl.CCCl.CCCl.CCCl.CCCl.CCCl. The van der Waals surface area contributed by atoms with Gasteiger partial charge in [-0.05, 0) is 130 Å². The van der Waals surface area contributed by atoms with Crippen molar-refractivity contribution in [2.75, 3.05) is 35.3 Å². The Balaban J connectivity index is 0.00000105. The molecule has 0 aliphatic carbocycles. The van der Waals surface area contributed by atoms with Gasteiger partial charge in [0.1, 0.15) is 0 Å². The average molecular weight is 1180 g/mol. The Kier molecular flexibility index (Phi) is 40.7. The lowest BCUT2D eigenvalue weighted by molar-refractivity contribution is 0.387. The maximum atomic E-state index is 5.00. The third-order valence-corrected chi connectivity index (χ3v) is 13.6. The van der Waals surface area contributed by atoms with E-state index in [0.717, 1.165) is 73.8 Å². The van der Waals surface area contributed by atoms with Crippen LogP contribution in [-0.4, -0.2) is 35.3 Å². The molecule has 7 unspecified atom stereocenters. The van der Waals surface area contributed by atoms with E-state index in [0.29, 0.717) is 41.4 Å². The smallest absolute Gasteiger partial charge is 0.0195 e. The number of rotatable bonds is 19. The van der Waals surface area contributed by atoms with E-state index in [-0.39, 0.29) is 0 Å². The van der Waals surface area contributed by atoms with Crippen LogP contribution in [-0.2, 0) is 0 Å². The first-order valence-electron chi connectivity index (χ1n) is 28.7. The summed E-state index contributed by atoms with van der Waals surface area (Å²) in [6.07, 6.45) is 6.60. The Labute approximate surface area is 510 Å². The molecule has 0 saturated carbocycles. The molecule has 0 amide bonds. The van der Waals surface area contributed by atoms with Gasteiger partial charge in [0.2, 0.25) is 0 Å². The van der Waals surface area contributed by atoms with Crippen LogP contribution < -0.4 is 0 Å². The molecule has 0 spiro atoms. The fraction of sp³-hybridized carbons (Fsp3) is 0.370. The predicted octanol–water partition coefficient (Wildman–Crippen LogP) is 24.5. The molecule has 0 fully saturated rings. The summed E-state index contributed by atoms with van der Waals surface area (Å²) < 4.78 is 0. The van der Waals surface area contributed by atoms with Gasteiger partial charge >= 0.3 is 0 Å². The third kappa shape index (κ3) is 27.9. The van der Waals surface area contributed by atoms with Gasteiger partial charge in [-0.3, -0.25) is 0 Å². The zero-order valence-electron chi connectivity index (χ0n) is 48.7. The van der Waals surface area contributed by atoms with Gasteiger partial charge in [-0.25, -0.2) is 0 Å². The van der Waals surface area contributed by atoms with Crippen molar-refractivity contribution in [3.63, 3.8) is 0 Å². The van der Waals surface area contributed by atoms with E-state index < -0.39 is 0 Å². The van der Waals surface area contributed by atoms with Gasteiger partial charge in [-0.1, -0.05) is 280 Å². The van der Waals surface area contributed by atoms with Crippen LogP contribution in [0.15, 0.2) is 224 Å². The summed E-state index contributed by atoms with van der Waals surface area (Å²) >= 11 is 30.0. The van der Waals surface area contributed by atoms with Crippen molar-refractivity contribution in [1.82, 2.24) is 0 Å². The molecule has 0 heterocycles. The van der Waals surface area contributed by atoms with Crippen molar-refractivity contribution >= 4 is 80.4 Å². The fourth-order valence-electron chi connectivity index (χ4n) is 10.4. The van der Waals surface area contributed by atoms with Crippen LogP contribution in [0.4, 0.5) is 0 Å². The highest BCUT2D eigenvalue weighted by molar-refractivity contribution is 6.18. The van der Waals surface area contributed by atoms with Crippen molar-refractivity contribution in [1.29, 1.82) is 0 Å². The van der Waals surface area contributed by atoms with Gasteiger partial charge in [0.05, 0.1) is 0 Å². The van der Waals surface area contributed by atoms with E-state index in [1.54, 1.807) is 0 Å². The first-order chi connectivity index (χ1) is 38.6. The molecular weight excluding hydrogens is 1090 g/mol. The highest BCUT2D eigenvalue weighted by Gasteiger charge is 2.30. The van der Waals surface area contributed by atoms with E-state index in [9.17, 15) is 0 Å². The van der Waals surface area contributed by atoms with Crippen molar-refractivity contribution in [2.24, 2.45) is 0 Å². The Morgan fingerprint density at radius 2 is 0.456 bits per heavy atom. The van der Waals surface area contributed by atoms with E-state index in [1.165, 1.54) is 49.7 Å². The van der Waals surface area contributed by atoms with Crippen LogP contribution in [0.3, 0.4) is 0 Å². The topological polar surface area (TPSA) is 0 Å². The third-order valence-electron chi connectivity index (χ3n) is 13.6. The number of benzene rings is 8. The summed E-state index contributed by atoms with van der Waals surface area (Å²) in [5.41, 5.74) is 10.2. The first kappa shape index (κ1) is 70.9. The molecule has 0 nitrogen and oxygen atoms in total. The lowest BCUT2D eigenvalue weighted by atomic mass is 9.71. The molecule has 0 N–H and O–H groups in total. The fourth-order valence-corrected chi connectivity index (χ4v) is 10.4. The second-order valence-electron chi connectivity index (χ2n) is 19.3. The summed E-state index contributed by atoms with van der Waals surface area (Å²) in [6, 6.07) is 84.2. The van der Waals surface area contributed by atoms with Gasteiger partial charge in [0, 0.05) is 35.3 Å². The van der Waals surface area contributed by atoms with Gasteiger partial charge in [-0.15, -0.1) is 69.6 Å². The maximum Gasteiger partial charge on any atom is 0.0195 e. The molecule has 426 valence electrons. The Hall–Kier alpha value is -4.24. The molecule has 6 heteroatoms. The van der Waals surface area contributed by atoms with Crippen LogP contribution in [0.2, 0.25) is 0 Å². The van der Waals surface area contributed by atoms with Crippen molar-refractivity contribution < 1.29 is 0 Å². The molecular formula is C73H92Cl6. The molecule has 0 aliphatic heterocycles. The first-order valence-corrected chi connectivity index (χ1v) is 31.9. The van der Waals surface area contributed by atoms with Gasteiger partial charge in [0.25, 0.3) is 0 Å². The Bertz CT molecular complexity index is 2580. The molecule has 0 aromatic heterocycles. The lowest BCUT2D eigenvalue weighted by Crippen LogP contribution is -2.17. The van der Waals surface area contributed by atoms with Crippen LogP contribution in [0, 0.1) is 0 Å². The van der Waals surface area contributed by atoms with E-state index >= 15 is 0 Å². The normalized spacial score (nSPS) is 12.9. The number of hydrogen-bond donors (Lipinski definition) is 0. The number of fused-ring (bicyclic) bond motifs is 1. The highest BCUT2D eigenvalue weighted by Crippen LogP contribution is 2.47. The second-order valence-corrected chi connectivity index (χ2v) is 22.5. The lowest BCUT2D eigenvalue weighted by Gasteiger charge is -2.33. The van der Waals surface area contributed by atoms with Gasteiger partial charge < -0.3 is 0 Å². The minimum absolute atomic E-state index is 0.351. The summed E-state index contributed by atoms with van der Waals surface area (Å²) in [5.74, 6) is 7.16. The zero-order valence-corrected chi connectivity index (χ0v) is 53.2. The van der Waals surface area contributed by atoms with Crippen LogP contribution >= 0.6 is 69.6 Å². The quantitative estimate of drug-likeness (QED) is 0.0708. The molecule has 8 aromatic carbocycles. The minimum atomic E-state index is 0.351. The van der Waals surface area contributed by atoms with E-state index in [4.69, 9.17) is 69.6 Å². The molecule has 7 atom stereocenters. The molecule has 0 bridgehead atoms. The largest absolute Gasteiger partial charge is 0.127 e. The zero-order chi connectivity index (χ0) is 57.9. The summed E-state index contributed by atoms with van der Waals surface area (Å²) in [7, 11) is 0. The Morgan fingerprint density at radius 1 is 0.241 bits per heavy atom. The summed E-state index contributed by atoms with van der Waals surface area (Å²) in [5, 5.41) is 2.72. The van der Waals surface area contributed by atoms with E-state index in [1.807, 2.05) is 41.5 Å². The molecule has 0 aliphatic rings. The monoisotopic (exact) mass is 1180 g/mol. The number of halogens is 6. The molecule has 79 heavy (non-hydrogen) atoms. The Morgan fingerprint density at radius 3 is 0.747 bits per heavy atom.